The number of hydrogen-bond acceptors (Lipinski definition) is 2. The molecular weight excluding hydrogens is 821 g/mol. The first kappa shape index (κ1) is 40.4. The summed E-state index contributed by atoms with van der Waals surface area (Å²) in [5.74, 6) is 0. The van der Waals surface area contributed by atoms with Crippen molar-refractivity contribution in [1.82, 2.24) is 0 Å². The highest BCUT2D eigenvalue weighted by Gasteiger charge is 2.54. The molecule has 0 fully saturated rings. The molecule has 0 atom stereocenters. The molecule has 8 aromatic rings. The van der Waals surface area contributed by atoms with E-state index in [1.54, 1.807) is 0 Å². The Balaban J connectivity index is 1.06. The SMILES string of the molecule is CC1(C)c2cccc3c2N2c4c1cc(-c1ccccc1)cc4C(C)(C)c1cc(-c4cc5c6c(c4)C(C)(C)c4cc(-c7ccccc7)cc7c4N6c4c(cccc4C5(C)C)C7(C)C)cc(c12)C3(C)C. The molecule has 0 N–H and O–H groups in total. The predicted molar refractivity (Wildman–Crippen MR) is 285 cm³/mol. The van der Waals surface area contributed by atoms with Gasteiger partial charge in [-0.1, -0.05) is 180 Å². The first-order valence-electron chi connectivity index (χ1n) is 25.0. The molecule has 0 radical (unpaired) electrons. The standard InChI is InChI=1S/C66H60N2/c1-61(2)43-25-19-27-45-55(43)67-57-47(61)29-39(37-21-15-13-16-22-37)31-51(57)65(9,10)53-35-41(33-49(59(53)67)63(45,5)6)42-34-50-60-54(36-42)66(11,12)52-32-40(38-23-17-14-18-24-38)30-48-58(52)68(60)56-44(62(48,3)4)26-20-28-46(56)64(50,7)8/h13-36H,1-12H3. The summed E-state index contributed by atoms with van der Waals surface area (Å²) in [4.78, 5) is 5.43. The van der Waals surface area contributed by atoms with Crippen molar-refractivity contribution < 1.29 is 0 Å². The normalized spacial score (nSPS) is 19.2. The zero-order valence-corrected chi connectivity index (χ0v) is 41.8. The van der Waals surface area contributed by atoms with Gasteiger partial charge in [0.2, 0.25) is 0 Å². The van der Waals surface area contributed by atoms with Crippen molar-refractivity contribution in [2.75, 3.05) is 9.80 Å². The molecule has 6 heterocycles. The van der Waals surface area contributed by atoms with Crippen molar-refractivity contribution >= 4 is 34.1 Å². The van der Waals surface area contributed by atoms with Crippen molar-refractivity contribution in [3.8, 4) is 33.4 Å². The molecule has 2 heteroatoms. The third-order valence-corrected chi connectivity index (χ3v) is 18.5. The number of hydrogen-bond donors (Lipinski definition) is 0. The van der Waals surface area contributed by atoms with Crippen LogP contribution in [0.1, 0.15) is 150 Å². The van der Waals surface area contributed by atoms with E-state index in [2.05, 4.69) is 238 Å². The van der Waals surface area contributed by atoms with Crippen LogP contribution in [0.25, 0.3) is 33.4 Å². The summed E-state index contributed by atoms with van der Waals surface area (Å²) >= 11 is 0. The second-order valence-electron chi connectivity index (χ2n) is 24.2. The quantitative estimate of drug-likeness (QED) is 0.174. The van der Waals surface area contributed by atoms with Gasteiger partial charge in [-0.25, -0.2) is 0 Å². The Kier molecular flexibility index (Phi) is 7.33. The molecule has 8 aromatic carbocycles. The van der Waals surface area contributed by atoms with Crippen LogP contribution in [0.5, 0.6) is 0 Å². The number of para-hydroxylation sites is 2. The van der Waals surface area contributed by atoms with Crippen LogP contribution in [-0.4, -0.2) is 0 Å². The average molecular weight is 881 g/mol. The number of rotatable bonds is 3. The Morgan fingerprint density at radius 1 is 0.206 bits per heavy atom. The fraction of sp³-hybridized carbons (Fsp3) is 0.273. The van der Waals surface area contributed by atoms with Crippen LogP contribution in [0.2, 0.25) is 0 Å². The fourth-order valence-corrected chi connectivity index (χ4v) is 14.4. The summed E-state index contributed by atoms with van der Waals surface area (Å²) in [6, 6.07) is 56.8. The molecule has 0 saturated carbocycles. The monoisotopic (exact) mass is 880 g/mol. The highest BCUT2D eigenvalue weighted by molar-refractivity contribution is 6.02. The summed E-state index contributed by atoms with van der Waals surface area (Å²) in [5, 5.41) is 0. The van der Waals surface area contributed by atoms with Gasteiger partial charge in [0.15, 0.2) is 0 Å². The minimum atomic E-state index is -0.290. The molecule has 68 heavy (non-hydrogen) atoms. The molecule has 0 aromatic heterocycles. The Morgan fingerprint density at radius 2 is 0.397 bits per heavy atom. The molecule has 6 aliphatic rings. The lowest BCUT2D eigenvalue weighted by Crippen LogP contribution is -2.44. The summed E-state index contributed by atoms with van der Waals surface area (Å²) in [7, 11) is 0. The van der Waals surface area contributed by atoms with Gasteiger partial charge in [0.1, 0.15) is 0 Å². The molecule has 6 aliphatic heterocycles. The second-order valence-corrected chi connectivity index (χ2v) is 24.2. The minimum Gasteiger partial charge on any atom is -0.309 e. The summed E-state index contributed by atoms with van der Waals surface area (Å²) < 4.78 is 0. The highest BCUT2D eigenvalue weighted by atomic mass is 15.2. The van der Waals surface area contributed by atoms with Crippen molar-refractivity contribution in [3.05, 3.63) is 212 Å². The van der Waals surface area contributed by atoms with Crippen LogP contribution in [-0.2, 0) is 32.5 Å². The summed E-state index contributed by atoms with van der Waals surface area (Å²) in [6.45, 7) is 29.7. The molecule has 2 nitrogen and oxygen atoms in total. The Bertz CT molecular complexity index is 3370. The topological polar surface area (TPSA) is 6.48 Å². The maximum atomic E-state index is 2.72. The molecule has 0 aliphatic carbocycles. The Labute approximate surface area is 403 Å². The first-order valence-corrected chi connectivity index (χ1v) is 25.0. The third-order valence-electron chi connectivity index (χ3n) is 18.5. The first-order chi connectivity index (χ1) is 32.3. The molecule has 0 unspecified atom stereocenters. The summed E-state index contributed by atoms with van der Waals surface area (Å²) in [6.07, 6.45) is 0. The van der Waals surface area contributed by atoms with Crippen LogP contribution < -0.4 is 9.80 Å². The zero-order chi connectivity index (χ0) is 47.0. The molecular formula is C66H60N2. The average Bonchev–Trinajstić information content (AvgIpc) is 3.32. The van der Waals surface area contributed by atoms with E-state index >= 15 is 0 Å². The van der Waals surface area contributed by atoms with Gasteiger partial charge < -0.3 is 9.80 Å². The maximum absolute atomic E-state index is 2.72. The van der Waals surface area contributed by atoms with Crippen LogP contribution in [0.4, 0.5) is 34.1 Å². The summed E-state index contributed by atoms with van der Waals surface area (Å²) in [5.41, 5.74) is 31.5. The van der Waals surface area contributed by atoms with E-state index in [9.17, 15) is 0 Å². The van der Waals surface area contributed by atoms with Gasteiger partial charge in [0.05, 0.1) is 34.1 Å². The van der Waals surface area contributed by atoms with Crippen molar-refractivity contribution in [2.24, 2.45) is 0 Å². The Morgan fingerprint density at radius 3 is 0.632 bits per heavy atom. The van der Waals surface area contributed by atoms with E-state index in [4.69, 9.17) is 0 Å². The lowest BCUT2D eigenvalue weighted by Gasteiger charge is -2.55. The molecule has 0 saturated heterocycles. The van der Waals surface area contributed by atoms with Crippen LogP contribution in [0, 0.1) is 0 Å². The lowest BCUT2D eigenvalue weighted by atomic mass is 9.59. The van der Waals surface area contributed by atoms with Crippen LogP contribution in [0.3, 0.4) is 0 Å². The van der Waals surface area contributed by atoms with Crippen molar-refractivity contribution in [2.45, 2.75) is 116 Å². The van der Waals surface area contributed by atoms with E-state index in [1.807, 2.05) is 0 Å². The number of nitrogens with zero attached hydrogens (tertiary/aromatic N) is 2. The van der Waals surface area contributed by atoms with Crippen molar-refractivity contribution in [3.63, 3.8) is 0 Å². The van der Waals surface area contributed by atoms with E-state index in [-0.39, 0.29) is 32.5 Å². The van der Waals surface area contributed by atoms with Crippen LogP contribution in [0.15, 0.2) is 146 Å². The fourth-order valence-electron chi connectivity index (χ4n) is 14.4. The van der Waals surface area contributed by atoms with Gasteiger partial charge in [-0.3, -0.25) is 0 Å². The maximum Gasteiger partial charge on any atom is 0.0544 e. The minimum absolute atomic E-state index is 0.188. The zero-order valence-electron chi connectivity index (χ0n) is 41.8. The van der Waals surface area contributed by atoms with Crippen molar-refractivity contribution in [1.29, 1.82) is 0 Å². The number of anilines is 6. The molecule has 334 valence electrons. The van der Waals surface area contributed by atoms with Gasteiger partial charge in [-0.05, 0) is 149 Å². The third kappa shape index (κ3) is 4.61. The van der Waals surface area contributed by atoms with E-state index in [0.29, 0.717) is 0 Å². The molecule has 0 amide bonds. The van der Waals surface area contributed by atoms with E-state index in [0.717, 1.165) is 0 Å². The van der Waals surface area contributed by atoms with Crippen LogP contribution >= 0.6 is 0 Å². The largest absolute Gasteiger partial charge is 0.309 e. The highest BCUT2D eigenvalue weighted by Crippen LogP contribution is 2.69. The van der Waals surface area contributed by atoms with Gasteiger partial charge in [-0.15, -0.1) is 0 Å². The van der Waals surface area contributed by atoms with Gasteiger partial charge in [0.25, 0.3) is 0 Å². The Hall–Kier alpha value is -6.64. The smallest absolute Gasteiger partial charge is 0.0544 e. The lowest BCUT2D eigenvalue weighted by molar-refractivity contribution is 0.565. The van der Waals surface area contributed by atoms with Gasteiger partial charge >= 0.3 is 0 Å². The number of benzene rings is 8. The molecule has 0 spiro atoms. The predicted octanol–water partition coefficient (Wildman–Crippen LogP) is 17.5. The van der Waals surface area contributed by atoms with Gasteiger partial charge in [-0.2, -0.15) is 0 Å². The second kappa shape index (κ2) is 12.3. The van der Waals surface area contributed by atoms with E-state index < -0.39 is 0 Å². The molecule has 0 bridgehead atoms. The molecule has 14 rings (SSSR count). The van der Waals surface area contributed by atoms with E-state index in [1.165, 1.54) is 134 Å². The van der Waals surface area contributed by atoms with Gasteiger partial charge in [0, 0.05) is 32.5 Å².